The summed E-state index contributed by atoms with van der Waals surface area (Å²) in [6.07, 6.45) is -2.51. The van der Waals surface area contributed by atoms with Crippen LogP contribution in [0.1, 0.15) is 18.4 Å². The highest BCUT2D eigenvalue weighted by atomic mass is 19.4. The SMILES string of the molecule is CN=C(NCCCN(C)CC(F)(F)F)NC1CCN(c2ccc(C)cc2)C1. The van der Waals surface area contributed by atoms with Gasteiger partial charge in [-0.25, -0.2) is 0 Å². The van der Waals surface area contributed by atoms with E-state index < -0.39 is 12.7 Å². The number of alkyl halides is 3. The predicted molar refractivity (Wildman–Crippen MR) is 104 cm³/mol. The third-order valence-electron chi connectivity index (χ3n) is 4.61. The average Bonchev–Trinajstić information content (AvgIpc) is 3.05. The summed E-state index contributed by atoms with van der Waals surface area (Å²) in [6.45, 7) is 4.05. The molecule has 1 saturated heterocycles. The third kappa shape index (κ3) is 7.66. The molecule has 1 aromatic rings. The summed E-state index contributed by atoms with van der Waals surface area (Å²) in [7, 11) is 3.19. The molecule has 1 atom stereocenters. The Bertz CT molecular complexity index is 600. The van der Waals surface area contributed by atoms with Crippen molar-refractivity contribution in [2.45, 2.75) is 32.0 Å². The molecule has 0 amide bonds. The van der Waals surface area contributed by atoms with Gasteiger partial charge in [-0.1, -0.05) is 17.7 Å². The van der Waals surface area contributed by atoms with Crippen LogP contribution in [0.3, 0.4) is 0 Å². The molecule has 1 unspecified atom stereocenters. The normalized spacial score (nSPS) is 18.3. The van der Waals surface area contributed by atoms with Crippen molar-refractivity contribution in [3.63, 3.8) is 0 Å². The van der Waals surface area contributed by atoms with Gasteiger partial charge in [-0.15, -0.1) is 0 Å². The molecular formula is C19H30F3N5. The number of nitrogens with one attached hydrogen (secondary N) is 2. The molecule has 0 spiro atoms. The van der Waals surface area contributed by atoms with E-state index in [1.807, 2.05) is 0 Å². The molecule has 0 aromatic heterocycles. The lowest BCUT2D eigenvalue weighted by Gasteiger charge is -2.21. The number of hydrogen-bond acceptors (Lipinski definition) is 3. The van der Waals surface area contributed by atoms with Crippen molar-refractivity contribution in [3.05, 3.63) is 29.8 Å². The fourth-order valence-corrected chi connectivity index (χ4v) is 3.20. The molecule has 0 radical (unpaired) electrons. The van der Waals surface area contributed by atoms with Crippen molar-refractivity contribution in [2.24, 2.45) is 4.99 Å². The van der Waals surface area contributed by atoms with Crippen molar-refractivity contribution in [1.29, 1.82) is 0 Å². The first-order chi connectivity index (χ1) is 12.8. The summed E-state index contributed by atoms with van der Waals surface area (Å²) in [5, 5.41) is 6.60. The van der Waals surface area contributed by atoms with Gasteiger partial charge in [0.1, 0.15) is 0 Å². The lowest BCUT2D eigenvalue weighted by Crippen LogP contribution is -2.45. The zero-order valence-corrected chi connectivity index (χ0v) is 16.3. The number of aliphatic imine (C=N–C) groups is 1. The second kappa shape index (κ2) is 9.82. The zero-order valence-electron chi connectivity index (χ0n) is 16.3. The van der Waals surface area contributed by atoms with Crippen molar-refractivity contribution < 1.29 is 13.2 Å². The van der Waals surface area contributed by atoms with E-state index in [1.165, 1.54) is 23.2 Å². The van der Waals surface area contributed by atoms with E-state index in [9.17, 15) is 13.2 Å². The molecule has 0 saturated carbocycles. The van der Waals surface area contributed by atoms with Gasteiger partial charge in [0, 0.05) is 38.4 Å². The standard InChI is InChI=1S/C19H30F3N5/c1-15-5-7-17(8-6-15)27-12-9-16(13-27)25-18(23-2)24-10-4-11-26(3)14-19(20,21)22/h5-8,16H,4,9-14H2,1-3H3,(H2,23,24,25). The van der Waals surface area contributed by atoms with E-state index in [0.717, 1.165) is 19.5 Å². The maximum Gasteiger partial charge on any atom is 0.401 e. The Balaban J connectivity index is 1.69. The molecule has 2 N–H and O–H groups in total. The van der Waals surface area contributed by atoms with Crippen molar-refractivity contribution in [2.75, 3.05) is 51.7 Å². The smallest absolute Gasteiger partial charge is 0.369 e. The molecule has 1 aliphatic rings. The molecule has 1 aromatic carbocycles. The fraction of sp³-hybridized carbons (Fsp3) is 0.632. The summed E-state index contributed by atoms with van der Waals surface area (Å²) < 4.78 is 36.9. The minimum Gasteiger partial charge on any atom is -0.369 e. The van der Waals surface area contributed by atoms with Crippen LogP contribution < -0.4 is 15.5 Å². The lowest BCUT2D eigenvalue weighted by molar-refractivity contribution is -0.143. The Hall–Kier alpha value is -1.96. The van der Waals surface area contributed by atoms with Crippen LogP contribution in [-0.2, 0) is 0 Å². The predicted octanol–water partition coefficient (Wildman–Crippen LogP) is 2.62. The van der Waals surface area contributed by atoms with Crippen LogP contribution in [0.5, 0.6) is 0 Å². The van der Waals surface area contributed by atoms with Crippen molar-refractivity contribution >= 4 is 11.6 Å². The first-order valence-electron chi connectivity index (χ1n) is 9.31. The highest BCUT2D eigenvalue weighted by molar-refractivity contribution is 5.80. The highest BCUT2D eigenvalue weighted by Crippen LogP contribution is 2.20. The maximum absolute atomic E-state index is 12.3. The van der Waals surface area contributed by atoms with Gasteiger partial charge in [0.2, 0.25) is 0 Å². The van der Waals surface area contributed by atoms with Gasteiger partial charge in [-0.3, -0.25) is 9.89 Å². The summed E-state index contributed by atoms with van der Waals surface area (Å²) in [5.74, 6) is 0.698. The molecule has 27 heavy (non-hydrogen) atoms. The lowest BCUT2D eigenvalue weighted by atomic mass is 10.2. The molecule has 8 heteroatoms. The Morgan fingerprint density at radius 3 is 2.63 bits per heavy atom. The number of guanidine groups is 1. The fourth-order valence-electron chi connectivity index (χ4n) is 3.20. The molecule has 5 nitrogen and oxygen atoms in total. The van der Waals surface area contributed by atoms with Crippen LogP contribution in [0.2, 0.25) is 0 Å². The number of hydrogen-bond donors (Lipinski definition) is 2. The quantitative estimate of drug-likeness (QED) is 0.430. The topological polar surface area (TPSA) is 42.9 Å². The molecule has 1 heterocycles. The maximum atomic E-state index is 12.3. The van der Waals surface area contributed by atoms with Gasteiger partial charge in [0.25, 0.3) is 0 Å². The van der Waals surface area contributed by atoms with Crippen molar-refractivity contribution in [3.8, 4) is 0 Å². The van der Waals surface area contributed by atoms with E-state index in [4.69, 9.17) is 0 Å². The van der Waals surface area contributed by atoms with E-state index in [0.29, 0.717) is 31.5 Å². The van der Waals surface area contributed by atoms with Gasteiger partial charge in [0.05, 0.1) is 6.54 Å². The first-order valence-corrected chi connectivity index (χ1v) is 9.31. The first kappa shape index (κ1) is 21.3. The van der Waals surface area contributed by atoms with Gasteiger partial charge >= 0.3 is 6.18 Å². The molecule has 1 aliphatic heterocycles. The Kier molecular flexibility index (Phi) is 7.77. The molecule has 1 fully saturated rings. The van der Waals surface area contributed by atoms with Crippen LogP contribution in [-0.4, -0.2) is 69.9 Å². The number of nitrogens with zero attached hydrogens (tertiary/aromatic N) is 3. The van der Waals surface area contributed by atoms with Gasteiger partial charge in [-0.05, 0) is 45.5 Å². The number of aryl methyl sites for hydroxylation is 1. The van der Waals surface area contributed by atoms with Gasteiger partial charge in [-0.2, -0.15) is 13.2 Å². The summed E-state index contributed by atoms with van der Waals surface area (Å²) in [4.78, 5) is 7.85. The van der Waals surface area contributed by atoms with Crippen LogP contribution in [0.25, 0.3) is 0 Å². The second-order valence-corrected chi connectivity index (χ2v) is 7.12. The van der Waals surface area contributed by atoms with Crippen molar-refractivity contribution in [1.82, 2.24) is 15.5 Å². The van der Waals surface area contributed by atoms with Gasteiger partial charge < -0.3 is 15.5 Å². The molecule has 0 aliphatic carbocycles. The average molecular weight is 385 g/mol. The Labute approximate surface area is 159 Å². The molecular weight excluding hydrogens is 355 g/mol. The highest BCUT2D eigenvalue weighted by Gasteiger charge is 2.28. The number of halogens is 3. The number of anilines is 1. The number of benzene rings is 1. The minimum atomic E-state index is -4.15. The van der Waals surface area contributed by atoms with Gasteiger partial charge in [0.15, 0.2) is 5.96 Å². The zero-order chi connectivity index (χ0) is 19.9. The van der Waals surface area contributed by atoms with Crippen LogP contribution in [0, 0.1) is 6.92 Å². The molecule has 152 valence electrons. The minimum absolute atomic E-state index is 0.297. The van der Waals surface area contributed by atoms with E-state index in [1.54, 1.807) is 7.05 Å². The van der Waals surface area contributed by atoms with Crippen LogP contribution in [0.15, 0.2) is 29.3 Å². The Morgan fingerprint density at radius 2 is 2.00 bits per heavy atom. The summed E-state index contributed by atoms with van der Waals surface area (Å²) >= 11 is 0. The van der Waals surface area contributed by atoms with Crippen LogP contribution in [0.4, 0.5) is 18.9 Å². The second-order valence-electron chi connectivity index (χ2n) is 7.12. The van der Waals surface area contributed by atoms with E-state index in [2.05, 4.69) is 51.7 Å². The summed E-state index contributed by atoms with van der Waals surface area (Å²) in [6, 6.07) is 8.81. The molecule has 2 rings (SSSR count). The third-order valence-corrected chi connectivity index (χ3v) is 4.61. The number of rotatable bonds is 7. The monoisotopic (exact) mass is 385 g/mol. The molecule has 0 bridgehead atoms. The summed E-state index contributed by atoms with van der Waals surface area (Å²) in [5.41, 5.74) is 2.47. The van der Waals surface area contributed by atoms with E-state index in [-0.39, 0.29) is 0 Å². The Morgan fingerprint density at radius 1 is 1.30 bits per heavy atom. The largest absolute Gasteiger partial charge is 0.401 e. The van der Waals surface area contributed by atoms with E-state index >= 15 is 0 Å². The van der Waals surface area contributed by atoms with Crippen LogP contribution >= 0.6 is 0 Å².